The molecular weight excluding hydrogens is 258 g/mol. The van der Waals surface area contributed by atoms with E-state index >= 15 is 0 Å². The van der Waals surface area contributed by atoms with Crippen molar-refractivity contribution in [2.75, 3.05) is 7.11 Å². The Bertz CT molecular complexity index is 588. The van der Waals surface area contributed by atoms with Crippen LogP contribution in [0.5, 0.6) is 11.5 Å². The number of nitrogens with two attached hydrogens (primary N) is 1. The fraction of sp³-hybridized carbons (Fsp3) is 0.429. The lowest BCUT2D eigenvalue weighted by Crippen LogP contribution is -2.32. The van der Waals surface area contributed by atoms with Crippen LogP contribution in [-0.4, -0.2) is 27.9 Å². The zero-order valence-corrected chi connectivity index (χ0v) is 11.9. The quantitative estimate of drug-likeness (QED) is 0.869. The highest BCUT2D eigenvalue weighted by Crippen LogP contribution is 2.30. The molecule has 6 heteroatoms. The van der Waals surface area contributed by atoms with Crippen molar-refractivity contribution in [3.05, 3.63) is 24.1 Å². The average molecular weight is 277 g/mol. The van der Waals surface area contributed by atoms with E-state index in [1.807, 2.05) is 13.8 Å². The van der Waals surface area contributed by atoms with Gasteiger partial charge in [-0.3, -0.25) is 0 Å². The van der Waals surface area contributed by atoms with Crippen LogP contribution >= 0.6 is 0 Å². The van der Waals surface area contributed by atoms with Gasteiger partial charge in [-0.1, -0.05) is 5.16 Å². The normalized spacial score (nSPS) is 11.6. The topological polar surface area (TPSA) is 94.4 Å². The van der Waals surface area contributed by atoms with Gasteiger partial charge in [0.05, 0.1) is 7.11 Å². The van der Waals surface area contributed by atoms with Gasteiger partial charge < -0.3 is 20.1 Å². The third-order valence-corrected chi connectivity index (χ3v) is 2.89. The average Bonchev–Trinajstić information content (AvgIpc) is 2.85. The highest BCUT2D eigenvalue weighted by Gasteiger charge is 2.15. The number of benzene rings is 1. The van der Waals surface area contributed by atoms with Gasteiger partial charge in [0, 0.05) is 17.5 Å². The monoisotopic (exact) mass is 277 g/mol. The molecule has 0 fully saturated rings. The first-order valence-electron chi connectivity index (χ1n) is 6.38. The SMILES string of the molecule is COc1cc(-c2noc(CCC(C)(C)N)n2)ccc1O. The van der Waals surface area contributed by atoms with E-state index in [2.05, 4.69) is 10.1 Å². The molecular formula is C14H19N3O3. The predicted octanol–water partition coefficient (Wildman–Crippen LogP) is 2.12. The lowest BCUT2D eigenvalue weighted by Gasteiger charge is -2.16. The standard InChI is InChI=1S/C14H19N3O3/c1-14(2,15)7-6-12-16-13(17-20-12)9-4-5-10(18)11(8-9)19-3/h4-5,8,18H,6-7,15H2,1-3H3. The van der Waals surface area contributed by atoms with Gasteiger partial charge in [-0.15, -0.1) is 0 Å². The molecule has 1 aromatic heterocycles. The van der Waals surface area contributed by atoms with Crippen molar-refractivity contribution in [2.45, 2.75) is 32.2 Å². The number of hydrogen-bond acceptors (Lipinski definition) is 6. The van der Waals surface area contributed by atoms with Crippen molar-refractivity contribution in [3.8, 4) is 22.9 Å². The Balaban J connectivity index is 2.16. The number of methoxy groups -OCH3 is 1. The molecule has 0 aliphatic heterocycles. The van der Waals surface area contributed by atoms with E-state index in [-0.39, 0.29) is 11.3 Å². The molecule has 2 aromatic rings. The van der Waals surface area contributed by atoms with Crippen molar-refractivity contribution in [1.29, 1.82) is 0 Å². The molecule has 0 radical (unpaired) electrons. The van der Waals surface area contributed by atoms with E-state index < -0.39 is 0 Å². The maximum Gasteiger partial charge on any atom is 0.227 e. The number of phenolic OH excluding ortho intramolecular Hbond substituents is 1. The summed E-state index contributed by atoms with van der Waals surface area (Å²) < 4.78 is 10.3. The Labute approximate surface area is 117 Å². The second-order valence-corrected chi connectivity index (χ2v) is 5.39. The van der Waals surface area contributed by atoms with E-state index in [1.165, 1.54) is 13.2 Å². The minimum Gasteiger partial charge on any atom is -0.504 e. The van der Waals surface area contributed by atoms with Gasteiger partial charge in [0.25, 0.3) is 0 Å². The maximum absolute atomic E-state index is 9.56. The number of aryl methyl sites for hydroxylation is 1. The van der Waals surface area contributed by atoms with E-state index in [0.717, 1.165) is 12.0 Å². The molecule has 0 aliphatic carbocycles. The lowest BCUT2D eigenvalue weighted by molar-refractivity contribution is 0.358. The van der Waals surface area contributed by atoms with E-state index in [9.17, 15) is 5.11 Å². The molecule has 0 unspecified atom stereocenters. The zero-order chi connectivity index (χ0) is 14.8. The molecule has 2 rings (SSSR count). The smallest absolute Gasteiger partial charge is 0.227 e. The molecule has 6 nitrogen and oxygen atoms in total. The highest BCUT2D eigenvalue weighted by molar-refractivity contribution is 5.60. The van der Waals surface area contributed by atoms with Crippen LogP contribution in [0.1, 0.15) is 26.2 Å². The summed E-state index contributed by atoms with van der Waals surface area (Å²) in [7, 11) is 1.49. The van der Waals surface area contributed by atoms with Crippen LogP contribution in [0, 0.1) is 0 Å². The highest BCUT2D eigenvalue weighted by atomic mass is 16.5. The molecule has 0 atom stereocenters. The Morgan fingerprint density at radius 1 is 1.40 bits per heavy atom. The molecule has 20 heavy (non-hydrogen) atoms. The summed E-state index contributed by atoms with van der Waals surface area (Å²) in [6, 6.07) is 4.91. The van der Waals surface area contributed by atoms with Gasteiger partial charge in [0.15, 0.2) is 11.5 Å². The van der Waals surface area contributed by atoms with Crippen molar-refractivity contribution in [1.82, 2.24) is 10.1 Å². The molecule has 0 amide bonds. The van der Waals surface area contributed by atoms with Gasteiger partial charge in [0.1, 0.15) is 0 Å². The van der Waals surface area contributed by atoms with Crippen LogP contribution in [-0.2, 0) is 6.42 Å². The van der Waals surface area contributed by atoms with E-state index in [4.69, 9.17) is 15.0 Å². The summed E-state index contributed by atoms with van der Waals surface area (Å²) in [4.78, 5) is 4.32. The van der Waals surface area contributed by atoms with E-state index in [1.54, 1.807) is 12.1 Å². The first-order chi connectivity index (χ1) is 9.39. The van der Waals surface area contributed by atoms with Crippen molar-refractivity contribution < 1.29 is 14.4 Å². The molecule has 0 aliphatic rings. The summed E-state index contributed by atoms with van der Waals surface area (Å²) in [6.07, 6.45) is 1.39. The van der Waals surface area contributed by atoms with Crippen molar-refractivity contribution >= 4 is 0 Å². The second-order valence-electron chi connectivity index (χ2n) is 5.39. The Hall–Kier alpha value is -2.08. The number of ether oxygens (including phenoxy) is 1. The lowest BCUT2D eigenvalue weighted by atomic mass is 10.0. The summed E-state index contributed by atoms with van der Waals surface area (Å²) in [5.74, 6) is 1.46. The molecule has 108 valence electrons. The molecule has 3 N–H and O–H groups in total. The molecule has 0 saturated carbocycles. The van der Waals surface area contributed by atoms with Crippen LogP contribution in [0.3, 0.4) is 0 Å². The summed E-state index contributed by atoms with van der Waals surface area (Å²) in [6.45, 7) is 3.91. The Morgan fingerprint density at radius 2 is 2.15 bits per heavy atom. The summed E-state index contributed by atoms with van der Waals surface area (Å²) in [5, 5.41) is 13.5. The molecule has 0 spiro atoms. The first kappa shape index (κ1) is 14.3. The second kappa shape index (κ2) is 5.50. The largest absolute Gasteiger partial charge is 0.504 e. The minimum absolute atomic E-state index is 0.0739. The van der Waals surface area contributed by atoms with Crippen LogP contribution < -0.4 is 10.5 Å². The van der Waals surface area contributed by atoms with Crippen molar-refractivity contribution in [3.63, 3.8) is 0 Å². The van der Waals surface area contributed by atoms with Crippen LogP contribution in [0.2, 0.25) is 0 Å². The number of phenols is 1. The van der Waals surface area contributed by atoms with Gasteiger partial charge in [0.2, 0.25) is 11.7 Å². The number of nitrogens with zero attached hydrogens (tertiary/aromatic N) is 2. The van der Waals surface area contributed by atoms with Gasteiger partial charge in [-0.2, -0.15) is 4.98 Å². The number of hydrogen-bond donors (Lipinski definition) is 2. The van der Waals surface area contributed by atoms with Gasteiger partial charge >= 0.3 is 0 Å². The van der Waals surface area contributed by atoms with Crippen LogP contribution in [0.4, 0.5) is 0 Å². The maximum atomic E-state index is 9.56. The van der Waals surface area contributed by atoms with Gasteiger partial charge in [-0.25, -0.2) is 0 Å². The summed E-state index contributed by atoms with van der Waals surface area (Å²) in [5.41, 5.74) is 6.38. The zero-order valence-electron chi connectivity index (χ0n) is 11.9. The number of aromatic hydroxyl groups is 1. The Kier molecular flexibility index (Phi) is 3.94. The Morgan fingerprint density at radius 3 is 2.80 bits per heavy atom. The third kappa shape index (κ3) is 3.48. The molecule has 0 saturated heterocycles. The van der Waals surface area contributed by atoms with Crippen LogP contribution in [0.25, 0.3) is 11.4 Å². The first-order valence-corrected chi connectivity index (χ1v) is 6.38. The third-order valence-electron chi connectivity index (χ3n) is 2.89. The minimum atomic E-state index is -0.267. The fourth-order valence-corrected chi connectivity index (χ4v) is 1.72. The number of aromatic nitrogens is 2. The summed E-state index contributed by atoms with van der Waals surface area (Å²) >= 11 is 0. The molecule has 1 aromatic carbocycles. The van der Waals surface area contributed by atoms with Crippen molar-refractivity contribution in [2.24, 2.45) is 5.73 Å². The molecule has 1 heterocycles. The predicted molar refractivity (Wildman–Crippen MR) is 74.5 cm³/mol. The fourth-order valence-electron chi connectivity index (χ4n) is 1.72. The number of rotatable bonds is 5. The molecule has 0 bridgehead atoms. The van der Waals surface area contributed by atoms with E-state index in [0.29, 0.717) is 23.9 Å². The van der Waals surface area contributed by atoms with Crippen LogP contribution in [0.15, 0.2) is 22.7 Å². The van der Waals surface area contributed by atoms with Gasteiger partial charge in [-0.05, 0) is 38.5 Å².